The second-order valence-electron chi connectivity index (χ2n) is 7.40. The number of rotatable bonds is 7. The summed E-state index contributed by atoms with van der Waals surface area (Å²) in [6.45, 7) is 8.39. The Kier molecular flexibility index (Phi) is 7.03. The topological polar surface area (TPSA) is 16.1 Å². The van der Waals surface area contributed by atoms with E-state index in [1.807, 2.05) is 0 Å². The highest BCUT2D eigenvalue weighted by Crippen LogP contribution is 2.28. The van der Waals surface area contributed by atoms with Crippen LogP contribution in [0.4, 0.5) is 0 Å². The van der Waals surface area contributed by atoms with Crippen molar-refractivity contribution in [3.05, 3.63) is 87.0 Å². The fourth-order valence-electron chi connectivity index (χ4n) is 3.72. The summed E-state index contributed by atoms with van der Waals surface area (Å²) in [5, 5.41) is 0. The van der Waals surface area contributed by atoms with Crippen LogP contribution >= 0.6 is 15.9 Å². The number of aromatic nitrogens is 1. The van der Waals surface area contributed by atoms with Gasteiger partial charge in [0.15, 0.2) is 0 Å². The molecule has 3 heteroatoms. The van der Waals surface area contributed by atoms with Gasteiger partial charge in [0, 0.05) is 28.8 Å². The number of hydrogen-bond acceptors (Lipinski definition) is 2. The van der Waals surface area contributed by atoms with Gasteiger partial charge in [-0.05, 0) is 67.3 Å². The van der Waals surface area contributed by atoms with Gasteiger partial charge in [0.1, 0.15) is 0 Å². The van der Waals surface area contributed by atoms with Crippen LogP contribution in [0.1, 0.15) is 41.8 Å². The third-order valence-corrected chi connectivity index (χ3v) is 5.78. The first kappa shape index (κ1) is 20.8. The monoisotopic (exact) mass is 436 g/mol. The molecule has 0 N–H and O–H groups in total. The maximum absolute atomic E-state index is 5.00. The minimum absolute atomic E-state index is 0.894. The molecule has 0 saturated heterocycles. The average Bonchev–Trinajstić information content (AvgIpc) is 2.70. The van der Waals surface area contributed by atoms with Crippen molar-refractivity contribution in [3.63, 3.8) is 0 Å². The number of nitrogens with zero attached hydrogens (tertiary/aromatic N) is 2. The molecule has 146 valence electrons. The van der Waals surface area contributed by atoms with Gasteiger partial charge in [0.05, 0.1) is 5.69 Å². The molecule has 0 amide bonds. The van der Waals surface area contributed by atoms with Gasteiger partial charge < -0.3 is 0 Å². The summed E-state index contributed by atoms with van der Waals surface area (Å²) < 4.78 is 1.12. The van der Waals surface area contributed by atoms with Crippen LogP contribution in [0.5, 0.6) is 0 Å². The normalized spacial score (nSPS) is 11.2. The lowest BCUT2D eigenvalue weighted by molar-refractivity contribution is 0.318. The van der Waals surface area contributed by atoms with E-state index in [9.17, 15) is 0 Å². The second-order valence-corrected chi connectivity index (χ2v) is 8.31. The van der Waals surface area contributed by atoms with E-state index in [0.29, 0.717) is 0 Å². The third kappa shape index (κ3) is 4.89. The molecule has 0 atom stereocenters. The zero-order valence-electron chi connectivity index (χ0n) is 17.3. The number of halogens is 1. The number of hydrogen-bond donors (Lipinski definition) is 0. The molecule has 3 rings (SSSR count). The van der Waals surface area contributed by atoms with E-state index in [1.165, 1.54) is 27.8 Å². The van der Waals surface area contributed by atoms with Gasteiger partial charge in [-0.15, -0.1) is 0 Å². The van der Waals surface area contributed by atoms with Crippen molar-refractivity contribution in [1.82, 2.24) is 9.88 Å². The van der Waals surface area contributed by atoms with Crippen molar-refractivity contribution in [1.29, 1.82) is 0 Å². The lowest BCUT2D eigenvalue weighted by atomic mass is 9.94. The van der Waals surface area contributed by atoms with Crippen molar-refractivity contribution in [2.24, 2.45) is 0 Å². The SMILES string of the molecule is CCc1cccc(CC)c1-c1ccc(CN(C)Cc2ccc(Br)cc2)c(C)n1. The minimum atomic E-state index is 0.894. The third-order valence-electron chi connectivity index (χ3n) is 5.26. The largest absolute Gasteiger partial charge is 0.298 e. The van der Waals surface area contributed by atoms with Gasteiger partial charge in [0.25, 0.3) is 0 Å². The Morgan fingerprint density at radius 1 is 0.821 bits per heavy atom. The van der Waals surface area contributed by atoms with Crippen molar-refractivity contribution in [2.45, 2.75) is 46.7 Å². The Morgan fingerprint density at radius 3 is 2.04 bits per heavy atom. The van der Waals surface area contributed by atoms with Crippen LogP contribution in [0.25, 0.3) is 11.3 Å². The van der Waals surface area contributed by atoms with Crippen LogP contribution in [0, 0.1) is 6.92 Å². The molecule has 0 bridgehead atoms. The van der Waals surface area contributed by atoms with E-state index >= 15 is 0 Å². The molecule has 3 aromatic rings. The van der Waals surface area contributed by atoms with E-state index < -0.39 is 0 Å². The number of benzene rings is 2. The molecule has 2 aromatic carbocycles. The molecule has 0 spiro atoms. The highest BCUT2D eigenvalue weighted by atomic mass is 79.9. The molecule has 2 nitrogen and oxygen atoms in total. The molecule has 0 fully saturated rings. The molecule has 0 radical (unpaired) electrons. The average molecular weight is 437 g/mol. The summed E-state index contributed by atoms with van der Waals surface area (Å²) in [5.74, 6) is 0. The van der Waals surface area contributed by atoms with Crippen LogP contribution in [-0.2, 0) is 25.9 Å². The molecule has 0 unspecified atom stereocenters. The van der Waals surface area contributed by atoms with Crippen LogP contribution in [-0.4, -0.2) is 16.9 Å². The number of aryl methyl sites for hydroxylation is 3. The van der Waals surface area contributed by atoms with Crippen molar-refractivity contribution < 1.29 is 0 Å². The van der Waals surface area contributed by atoms with Gasteiger partial charge >= 0.3 is 0 Å². The molecule has 28 heavy (non-hydrogen) atoms. The summed E-state index contributed by atoms with van der Waals surface area (Å²) in [7, 11) is 2.16. The van der Waals surface area contributed by atoms with Crippen LogP contribution in [0.2, 0.25) is 0 Å². The van der Waals surface area contributed by atoms with Gasteiger partial charge in [0.2, 0.25) is 0 Å². The minimum Gasteiger partial charge on any atom is -0.298 e. The maximum Gasteiger partial charge on any atom is 0.0710 e. The maximum atomic E-state index is 5.00. The lowest BCUT2D eigenvalue weighted by Gasteiger charge is -2.19. The fourth-order valence-corrected chi connectivity index (χ4v) is 3.98. The Balaban J connectivity index is 1.80. The first-order chi connectivity index (χ1) is 13.5. The second kappa shape index (κ2) is 9.49. The van der Waals surface area contributed by atoms with E-state index in [1.54, 1.807) is 0 Å². The first-order valence-corrected chi connectivity index (χ1v) is 10.8. The van der Waals surface area contributed by atoms with Crippen LogP contribution < -0.4 is 0 Å². The zero-order valence-corrected chi connectivity index (χ0v) is 18.9. The van der Waals surface area contributed by atoms with Crippen LogP contribution in [0.15, 0.2) is 59.1 Å². The van der Waals surface area contributed by atoms with Crippen LogP contribution in [0.3, 0.4) is 0 Å². The molecule has 0 aliphatic rings. The molecular weight excluding hydrogens is 408 g/mol. The molecule has 0 aliphatic carbocycles. The van der Waals surface area contributed by atoms with E-state index in [-0.39, 0.29) is 0 Å². The predicted molar refractivity (Wildman–Crippen MR) is 122 cm³/mol. The Hall–Kier alpha value is -1.97. The quantitative estimate of drug-likeness (QED) is 0.415. The zero-order chi connectivity index (χ0) is 20.1. The number of pyridine rings is 1. The van der Waals surface area contributed by atoms with Crippen molar-refractivity contribution in [2.75, 3.05) is 7.05 Å². The molecule has 0 saturated carbocycles. The lowest BCUT2D eigenvalue weighted by Crippen LogP contribution is -2.18. The molecule has 1 heterocycles. The summed E-state index contributed by atoms with van der Waals surface area (Å²) in [6, 6.07) is 19.6. The van der Waals surface area contributed by atoms with E-state index in [4.69, 9.17) is 4.98 Å². The van der Waals surface area contributed by atoms with Crippen molar-refractivity contribution >= 4 is 15.9 Å². The summed E-state index contributed by atoms with van der Waals surface area (Å²) in [4.78, 5) is 7.34. The van der Waals surface area contributed by atoms with Crippen molar-refractivity contribution in [3.8, 4) is 11.3 Å². The molecule has 1 aromatic heterocycles. The summed E-state index contributed by atoms with van der Waals surface area (Å²) >= 11 is 3.50. The van der Waals surface area contributed by atoms with Gasteiger partial charge in [-0.2, -0.15) is 0 Å². The van der Waals surface area contributed by atoms with Gasteiger partial charge in [-0.3, -0.25) is 9.88 Å². The Bertz CT molecular complexity index is 910. The Labute approximate surface area is 177 Å². The van der Waals surface area contributed by atoms with E-state index in [2.05, 4.69) is 103 Å². The Morgan fingerprint density at radius 2 is 1.46 bits per heavy atom. The molecule has 0 aliphatic heterocycles. The summed E-state index contributed by atoms with van der Waals surface area (Å²) in [6.07, 6.45) is 2.06. The highest BCUT2D eigenvalue weighted by Gasteiger charge is 2.12. The smallest absolute Gasteiger partial charge is 0.0710 e. The summed E-state index contributed by atoms with van der Waals surface area (Å²) in [5.41, 5.74) is 8.91. The standard InChI is InChI=1S/C25H29BrN2/c1-5-20-8-7-9-21(6-2)25(20)24-15-12-22(18(3)27-24)17-28(4)16-19-10-13-23(26)14-11-19/h7-15H,5-6,16-17H2,1-4H3. The molecular formula is C25H29BrN2. The highest BCUT2D eigenvalue weighted by molar-refractivity contribution is 9.10. The first-order valence-electron chi connectivity index (χ1n) is 10.0. The van der Waals surface area contributed by atoms with Gasteiger partial charge in [-0.1, -0.05) is 66.2 Å². The fraction of sp³-hybridized carbons (Fsp3) is 0.320. The predicted octanol–water partition coefficient (Wildman–Crippen LogP) is 6.58. The van der Waals surface area contributed by atoms with E-state index in [0.717, 1.165) is 41.8 Å². The van der Waals surface area contributed by atoms with Gasteiger partial charge in [-0.25, -0.2) is 0 Å².